The number of anilines is 1. The molecule has 1 heterocycles. The molecule has 1 N–H and O–H groups in total. The van der Waals surface area contributed by atoms with Crippen molar-refractivity contribution in [2.45, 2.75) is 26.6 Å². The molecule has 1 fully saturated rings. The van der Waals surface area contributed by atoms with Gasteiger partial charge in [0.15, 0.2) is 0 Å². The molecule has 1 amide bonds. The van der Waals surface area contributed by atoms with Crippen molar-refractivity contribution < 1.29 is 17.9 Å². The zero-order valence-corrected chi connectivity index (χ0v) is 21.6. The lowest BCUT2D eigenvalue weighted by atomic mass is 10.1. The number of sulfonamides is 1. The maximum absolute atomic E-state index is 12.7. The minimum atomic E-state index is -3.50. The van der Waals surface area contributed by atoms with Gasteiger partial charge in [-0.1, -0.05) is 54.1 Å². The van der Waals surface area contributed by atoms with Crippen LogP contribution in [0.2, 0.25) is 0 Å². The summed E-state index contributed by atoms with van der Waals surface area (Å²) in [5, 5.41) is 2.94. The van der Waals surface area contributed by atoms with Gasteiger partial charge in [0.1, 0.15) is 0 Å². The molecular formula is C28H33N3O4S. The van der Waals surface area contributed by atoms with E-state index in [0.717, 1.165) is 49.5 Å². The molecule has 190 valence electrons. The Bertz CT molecular complexity index is 1250. The smallest absolute Gasteiger partial charge is 0.251 e. The fraction of sp³-hybridized carbons (Fsp3) is 0.321. The fourth-order valence-electron chi connectivity index (χ4n) is 4.10. The molecule has 0 bridgehead atoms. The summed E-state index contributed by atoms with van der Waals surface area (Å²) in [6.07, 6.45) is 1.19. The molecule has 0 saturated carbocycles. The predicted molar refractivity (Wildman–Crippen MR) is 142 cm³/mol. The highest BCUT2D eigenvalue weighted by Gasteiger charge is 2.18. The first kappa shape index (κ1) is 25.9. The highest BCUT2D eigenvalue weighted by molar-refractivity contribution is 7.92. The molecule has 0 atom stereocenters. The van der Waals surface area contributed by atoms with Crippen molar-refractivity contribution in [2.24, 2.45) is 0 Å². The molecule has 1 aliphatic rings. The molecule has 1 saturated heterocycles. The van der Waals surface area contributed by atoms with E-state index in [9.17, 15) is 13.2 Å². The highest BCUT2D eigenvalue weighted by atomic mass is 32.2. The Hall–Kier alpha value is -3.20. The average molecular weight is 508 g/mol. The first-order valence-corrected chi connectivity index (χ1v) is 13.9. The summed E-state index contributed by atoms with van der Waals surface area (Å²) in [5.74, 6) is -0.205. The number of morpholine rings is 1. The van der Waals surface area contributed by atoms with Crippen LogP contribution in [0.25, 0.3) is 0 Å². The Morgan fingerprint density at radius 2 is 1.47 bits per heavy atom. The molecule has 3 aromatic rings. The van der Waals surface area contributed by atoms with Crippen LogP contribution in [-0.4, -0.2) is 51.8 Å². The number of carbonyl (C=O) groups excluding carboxylic acids is 1. The van der Waals surface area contributed by atoms with Crippen molar-refractivity contribution in [3.05, 3.63) is 101 Å². The number of ether oxygens (including phenoxy) is 1. The lowest BCUT2D eigenvalue weighted by Gasteiger charge is -2.26. The molecule has 8 heteroatoms. The second-order valence-electron chi connectivity index (χ2n) is 9.19. The van der Waals surface area contributed by atoms with Gasteiger partial charge in [-0.25, -0.2) is 8.42 Å². The topological polar surface area (TPSA) is 79.0 Å². The van der Waals surface area contributed by atoms with Gasteiger partial charge in [-0.15, -0.1) is 0 Å². The van der Waals surface area contributed by atoms with E-state index in [1.807, 2.05) is 43.3 Å². The van der Waals surface area contributed by atoms with Crippen molar-refractivity contribution in [3.8, 4) is 0 Å². The van der Waals surface area contributed by atoms with Gasteiger partial charge in [0, 0.05) is 31.7 Å². The standard InChI is InChI=1S/C28H33N3O4S/c1-22-3-5-25(6-4-22)21-31(36(2,33)34)27-13-11-26(12-14-27)28(32)29-19-23-7-9-24(10-8-23)20-30-15-17-35-18-16-30/h3-14H,15-21H2,1-2H3,(H,29,32). The van der Waals surface area contributed by atoms with Crippen molar-refractivity contribution in [2.75, 3.05) is 36.9 Å². The molecule has 0 unspecified atom stereocenters. The van der Waals surface area contributed by atoms with Gasteiger partial charge >= 0.3 is 0 Å². The van der Waals surface area contributed by atoms with Crippen LogP contribution in [0, 0.1) is 6.92 Å². The van der Waals surface area contributed by atoms with Crippen molar-refractivity contribution in [3.63, 3.8) is 0 Å². The summed E-state index contributed by atoms with van der Waals surface area (Å²) in [5.41, 5.74) is 5.26. The highest BCUT2D eigenvalue weighted by Crippen LogP contribution is 2.22. The minimum absolute atomic E-state index is 0.205. The van der Waals surface area contributed by atoms with Gasteiger partial charge in [-0.3, -0.25) is 14.0 Å². The van der Waals surface area contributed by atoms with Gasteiger partial charge in [-0.05, 0) is 47.9 Å². The van der Waals surface area contributed by atoms with Crippen LogP contribution in [-0.2, 0) is 34.4 Å². The number of aryl methyl sites for hydroxylation is 1. The average Bonchev–Trinajstić information content (AvgIpc) is 2.88. The predicted octanol–water partition coefficient (Wildman–Crippen LogP) is 3.72. The van der Waals surface area contributed by atoms with Gasteiger partial charge in [0.25, 0.3) is 5.91 Å². The number of hydrogen-bond donors (Lipinski definition) is 1. The van der Waals surface area contributed by atoms with Gasteiger partial charge in [0.05, 0.1) is 31.7 Å². The van der Waals surface area contributed by atoms with Crippen molar-refractivity contribution in [1.82, 2.24) is 10.2 Å². The maximum atomic E-state index is 12.7. The molecule has 0 aliphatic carbocycles. The molecule has 0 aromatic heterocycles. The van der Waals surface area contributed by atoms with Crippen LogP contribution in [0.15, 0.2) is 72.8 Å². The van der Waals surface area contributed by atoms with Crippen LogP contribution in [0.5, 0.6) is 0 Å². The van der Waals surface area contributed by atoms with Crippen LogP contribution < -0.4 is 9.62 Å². The molecule has 4 rings (SSSR count). The van der Waals surface area contributed by atoms with Crippen LogP contribution in [0.1, 0.15) is 32.6 Å². The Labute approximate surface area is 213 Å². The quantitative estimate of drug-likeness (QED) is 0.478. The van der Waals surface area contributed by atoms with Crippen LogP contribution in [0.4, 0.5) is 5.69 Å². The summed E-state index contributed by atoms with van der Waals surface area (Å²) in [6, 6.07) is 22.7. The Morgan fingerprint density at radius 3 is 2.08 bits per heavy atom. The van der Waals surface area contributed by atoms with E-state index in [1.54, 1.807) is 24.3 Å². The zero-order valence-electron chi connectivity index (χ0n) is 20.8. The molecule has 36 heavy (non-hydrogen) atoms. The van der Waals surface area contributed by atoms with Crippen molar-refractivity contribution >= 4 is 21.6 Å². The van der Waals surface area contributed by atoms with E-state index in [2.05, 4.69) is 22.3 Å². The number of nitrogens with zero attached hydrogens (tertiary/aromatic N) is 2. The zero-order chi connectivity index (χ0) is 25.5. The number of carbonyl (C=O) groups is 1. The number of nitrogens with one attached hydrogen (secondary N) is 1. The van der Waals surface area contributed by atoms with E-state index in [0.29, 0.717) is 17.8 Å². The minimum Gasteiger partial charge on any atom is -0.379 e. The van der Waals surface area contributed by atoms with Crippen LogP contribution >= 0.6 is 0 Å². The second-order valence-corrected chi connectivity index (χ2v) is 11.1. The number of amides is 1. The third kappa shape index (κ3) is 7.16. The third-order valence-electron chi connectivity index (χ3n) is 6.25. The van der Waals surface area contributed by atoms with E-state index >= 15 is 0 Å². The fourth-order valence-corrected chi connectivity index (χ4v) is 4.99. The third-order valence-corrected chi connectivity index (χ3v) is 7.39. The van der Waals surface area contributed by atoms with Crippen molar-refractivity contribution in [1.29, 1.82) is 0 Å². The molecule has 3 aromatic carbocycles. The van der Waals surface area contributed by atoms with Gasteiger partial charge in [0.2, 0.25) is 10.0 Å². The lowest BCUT2D eigenvalue weighted by molar-refractivity contribution is 0.0342. The normalized spacial score (nSPS) is 14.4. The summed E-state index contributed by atoms with van der Waals surface area (Å²) in [6.45, 7) is 7.00. The maximum Gasteiger partial charge on any atom is 0.251 e. The van der Waals surface area contributed by atoms with Gasteiger partial charge < -0.3 is 10.1 Å². The molecule has 0 spiro atoms. The number of hydrogen-bond acceptors (Lipinski definition) is 5. The summed E-state index contributed by atoms with van der Waals surface area (Å²) >= 11 is 0. The lowest BCUT2D eigenvalue weighted by Crippen LogP contribution is -2.35. The summed E-state index contributed by atoms with van der Waals surface area (Å²) in [7, 11) is -3.50. The second kappa shape index (κ2) is 11.7. The Morgan fingerprint density at radius 1 is 0.889 bits per heavy atom. The summed E-state index contributed by atoms with van der Waals surface area (Å²) < 4.78 is 31.7. The molecular weight excluding hydrogens is 474 g/mol. The summed E-state index contributed by atoms with van der Waals surface area (Å²) in [4.78, 5) is 15.1. The number of benzene rings is 3. The largest absolute Gasteiger partial charge is 0.379 e. The Kier molecular flexibility index (Phi) is 8.40. The van der Waals surface area contributed by atoms with E-state index in [1.165, 1.54) is 16.1 Å². The molecule has 1 aliphatic heterocycles. The van der Waals surface area contributed by atoms with Crippen LogP contribution in [0.3, 0.4) is 0 Å². The number of rotatable bonds is 9. The van der Waals surface area contributed by atoms with E-state index in [4.69, 9.17) is 4.74 Å². The van der Waals surface area contributed by atoms with Gasteiger partial charge in [-0.2, -0.15) is 0 Å². The van der Waals surface area contributed by atoms with E-state index < -0.39 is 10.0 Å². The first-order chi connectivity index (χ1) is 17.3. The Balaban J connectivity index is 1.34. The van der Waals surface area contributed by atoms with E-state index in [-0.39, 0.29) is 12.5 Å². The molecule has 7 nitrogen and oxygen atoms in total. The monoisotopic (exact) mass is 507 g/mol. The SMILES string of the molecule is Cc1ccc(CN(c2ccc(C(=O)NCc3ccc(CN4CCOCC4)cc3)cc2)S(C)(=O)=O)cc1. The molecule has 0 radical (unpaired) electrons. The first-order valence-electron chi connectivity index (χ1n) is 12.1.